The number of carbonyl (C=O) groups is 1. The normalized spacial score (nSPS) is 13.0. The van der Waals surface area contributed by atoms with Crippen molar-refractivity contribution in [2.24, 2.45) is 0 Å². The van der Waals surface area contributed by atoms with E-state index in [0.29, 0.717) is 11.0 Å². The van der Waals surface area contributed by atoms with Gasteiger partial charge in [-0.25, -0.2) is 9.97 Å². The first-order valence-corrected chi connectivity index (χ1v) is 8.25. The molecule has 1 aromatic heterocycles. The van der Waals surface area contributed by atoms with Crippen LogP contribution in [0.25, 0.3) is 0 Å². The van der Waals surface area contributed by atoms with Gasteiger partial charge < -0.3 is 10.4 Å². The topological polar surface area (TPSA) is 75.1 Å². The maximum absolute atomic E-state index is 10.6. The molecule has 0 atom stereocenters. The lowest BCUT2D eigenvalue weighted by Gasteiger charge is -2.11. The number of aryl methyl sites for hydroxylation is 1. The summed E-state index contributed by atoms with van der Waals surface area (Å²) in [6.07, 6.45) is 3.32. The summed E-state index contributed by atoms with van der Waals surface area (Å²) in [5, 5.41) is 12.6. The summed E-state index contributed by atoms with van der Waals surface area (Å²) in [7, 11) is 0. The van der Waals surface area contributed by atoms with Gasteiger partial charge in [0.15, 0.2) is 5.16 Å². The van der Waals surface area contributed by atoms with Gasteiger partial charge in [0, 0.05) is 11.8 Å². The number of rotatable bonds is 5. The molecule has 22 heavy (non-hydrogen) atoms. The maximum atomic E-state index is 10.6. The van der Waals surface area contributed by atoms with Gasteiger partial charge in [0.25, 0.3) is 0 Å². The third-order valence-electron chi connectivity index (χ3n) is 3.41. The second-order valence-corrected chi connectivity index (χ2v) is 6.29. The first-order chi connectivity index (χ1) is 10.6. The number of fused-ring (bicyclic) bond motifs is 1. The quantitative estimate of drug-likeness (QED) is 0.494. The third kappa shape index (κ3) is 3.51. The van der Waals surface area contributed by atoms with Crippen molar-refractivity contribution in [3.05, 3.63) is 40.5 Å². The number of hydrogen-bond acceptors (Lipinski definition) is 5. The largest absolute Gasteiger partial charge is 0.481 e. The molecule has 1 aromatic carbocycles. The van der Waals surface area contributed by atoms with Gasteiger partial charge in [-0.15, -0.1) is 0 Å². The Hall–Kier alpha value is -1.79. The highest BCUT2D eigenvalue weighted by Gasteiger charge is 2.15. The summed E-state index contributed by atoms with van der Waals surface area (Å²) in [6, 6.07) is 7.83. The monoisotopic (exact) mass is 335 g/mol. The van der Waals surface area contributed by atoms with Crippen LogP contribution in [0.15, 0.2) is 29.4 Å². The Labute approximate surface area is 137 Å². The molecule has 5 nitrogen and oxygen atoms in total. The summed E-state index contributed by atoms with van der Waals surface area (Å²) in [5.74, 6) is -0.433. The number of hydrogen-bond donors (Lipinski definition) is 2. The van der Waals surface area contributed by atoms with Gasteiger partial charge in [-0.05, 0) is 36.5 Å². The molecule has 1 aliphatic rings. The molecule has 0 saturated heterocycles. The molecule has 114 valence electrons. The highest BCUT2D eigenvalue weighted by Crippen LogP contribution is 2.31. The Kier molecular flexibility index (Phi) is 4.49. The maximum Gasteiger partial charge on any atom is 0.313 e. The zero-order valence-electron chi connectivity index (χ0n) is 11.7. The van der Waals surface area contributed by atoms with Crippen molar-refractivity contribution in [1.82, 2.24) is 9.97 Å². The van der Waals surface area contributed by atoms with Crippen molar-refractivity contribution >= 4 is 40.8 Å². The predicted octanol–water partition coefficient (Wildman–Crippen LogP) is 3.54. The molecule has 7 heteroatoms. The summed E-state index contributed by atoms with van der Waals surface area (Å²) in [6.45, 7) is 0. The number of aromatic nitrogens is 2. The van der Waals surface area contributed by atoms with E-state index in [2.05, 4.69) is 21.4 Å². The second kappa shape index (κ2) is 6.54. The Bertz CT molecular complexity index is 724. The van der Waals surface area contributed by atoms with Crippen LogP contribution in [0.2, 0.25) is 5.15 Å². The number of aliphatic carboxylic acids is 1. The fourth-order valence-electron chi connectivity index (χ4n) is 2.53. The number of benzene rings is 1. The lowest BCUT2D eigenvalue weighted by atomic mass is 10.1. The number of halogens is 1. The zero-order chi connectivity index (χ0) is 15.5. The Balaban J connectivity index is 1.83. The van der Waals surface area contributed by atoms with Crippen molar-refractivity contribution in [2.75, 3.05) is 11.1 Å². The molecule has 0 aliphatic heterocycles. The molecule has 3 rings (SSSR count). The number of thioether (sulfide) groups is 1. The molecule has 0 radical (unpaired) electrons. The molecule has 1 aliphatic carbocycles. The minimum absolute atomic E-state index is 0.0967. The van der Waals surface area contributed by atoms with Crippen LogP contribution in [0.5, 0.6) is 0 Å². The van der Waals surface area contributed by atoms with Crippen LogP contribution in [0.1, 0.15) is 17.5 Å². The minimum atomic E-state index is -0.913. The zero-order valence-corrected chi connectivity index (χ0v) is 13.2. The van der Waals surface area contributed by atoms with E-state index >= 15 is 0 Å². The van der Waals surface area contributed by atoms with Crippen LogP contribution in [0, 0.1) is 0 Å². The Morgan fingerprint density at radius 2 is 2.23 bits per heavy atom. The van der Waals surface area contributed by atoms with E-state index in [0.717, 1.165) is 36.7 Å². The van der Waals surface area contributed by atoms with E-state index in [1.54, 1.807) is 6.07 Å². The van der Waals surface area contributed by atoms with Crippen LogP contribution in [-0.2, 0) is 17.6 Å². The van der Waals surface area contributed by atoms with Gasteiger partial charge in [-0.3, -0.25) is 4.79 Å². The highest BCUT2D eigenvalue weighted by atomic mass is 35.5. The van der Waals surface area contributed by atoms with Gasteiger partial charge in [0.1, 0.15) is 11.0 Å². The molecular weight excluding hydrogens is 322 g/mol. The first kappa shape index (κ1) is 15.1. The molecule has 0 amide bonds. The average Bonchev–Trinajstić information content (AvgIpc) is 2.94. The lowest BCUT2D eigenvalue weighted by Crippen LogP contribution is -2.02. The van der Waals surface area contributed by atoms with E-state index in [9.17, 15) is 4.79 Å². The van der Waals surface area contributed by atoms with E-state index in [-0.39, 0.29) is 10.9 Å². The van der Waals surface area contributed by atoms with Crippen LogP contribution in [0.4, 0.5) is 11.5 Å². The van der Waals surface area contributed by atoms with Gasteiger partial charge in [-0.1, -0.05) is 35.5 Å². The second-order valence-electron chi connectivity index (χ2n) is 4.96. The van der Waals surface area contributed by atoms with Crippen LogP contribution < -0.4 is 5.32 Å². The van der Waals surface area contributed by atoms with Crippen LogP contribution >= 0.6 is 23.4 Å². The minimum Gasteiger partial charge on any atom is -0.481 e. The standard InChI is InChI=1S/C15H14ClN3O2S/c16-12-7-13(19-15(18-12)22-8-14(20)21)17-11-6-2-4-9-3-1-5-10(9)11/h2,4,6-7H,1,3,5,8H2,(H,20,21)(H,17,18,19). The molecule has 1 heterocycles. The van der Waals surface area contributed by atoms with Crippen molar-refractivity contribution in [1.29, 1.82) is 0 Å². The van der Waals surface area contributed by atoms with E-state index in [4.69, 9.17) is 16.7 Å². The van der Waals surface area contributed by atoms with E-state index < -0.39 is 5.97 Å². The van der Waals surface area contributed by atoms with Gasteiger partial charge >= 0.3 is 5.97 Å². The number of nitrogens with zero attached hydrogens (tertiary/aromatic N) is 2. The molecule has 0 spiro atoms. The van der Waals surface area contributed by atoms with Crippen molar-refractivity contribution < 1.29 is 9.90 Å². The molecule has 0 saturated carbocycles. The van der Waals surface area contributed by atoms with Gasteiger partial charge in [0.2, 0.25) is 0 Å². The van der Waals surface area contributed by atoms with Crippen molar-refractivity contribution in [3.63, 3.8) is 0 Å². The predicted molar refractivity (Wildman–Crippen MR) is 87.2 cm³/mol. The summed E-state index contributed by atoms with van der Waals surface area (Å²) in [4.78, 5) is 19.0. The smallest absolute Gasteiger partial charge is 0.313 e. The number of anilines is 2. The van der Waals surface area contributed by atoms with E-state index in [1.165, 1.54) is 11.1 Å². The van der Waals surface area contributed by atoms with E-state index in [1.807, 2.05) is 12.1 Å². The molecule has 0 fully saturated rings. The molecular formula is C15H14ClN3O2S. The SMILES string of the molecule is O=C(O)CSc1nc(Cl)cc(Nc2cccc3c2CCC3)n1. The number of carboxylic acids is 1. The molecule has 0 unspecified atom stereocenters. The number of nitrogens with one attached hydrogen (secondary N) is 1. The molecule has 2 N–H and O–H groups in total. The fraction of sp³-hybridized carbons (Fsp3) is 0.267. The molecule has 0 bridgehead atoms. The average molecular weight is 336 g/mol. The highest BCUT2D eigenvalue weighted by molar-refractivity contribution is 7.99. The van der Waals surface area contributed by atoms with Crippen molar-refractivity contribution in [2.45, 2.75) is 24.4 Å². The fourth-order valence-corrected chi connectivity index (χ4v) is 3.34. The van der Waals surface area contributed by atoms with Crippen LogP contribution in [-0.4, -0.2) is 26.8 Å². The molecule has 2 aromatic rings. The van der Waals surface area contributed by atoms with Crippen molar-refractivity contribution in [3.8, 4) is 0 Å². The van der Waals surface area contributed by atoms with Crippen LogP contribution in [0.3, 0.4) is 0 Å². The Morgan fingerprint density at radius 3 is 3.05 bits per heavy atom. The summed E-state index contributed by atoms with van der Waals surface area (Å²) >= 11 is 7.04. The van der Waals surface area contributed by atoms with Gasteiger partial charge in [0.05, 0.1) is 5.75 Å². The first-order valence-electron chi connectivity index (χ1n) is 6.89. The van der Waals surface area contributed by atoms with Gasteiger partial charge in [-0.2, -0.15) is 0 Å². The lowest BCUT2D eigenvalue weighted by molar-refractivity contribution is -0.133. The Morgan fingerprint density at radius 1 is 1.36 bits per heavy atom. The number of carboxylic acid groups (broad SMARTS) is 1. The summed E-state index contributed by atoms with van der Waals surface area (Å²) < 4.78 is 0. The summed E-state index contributed by atoms with van der Waals surface area (Å²) in [5.41, 5.74) is 3.71. The third-order valence-corrected chi connectivity index (χ3v) is 4.43.